The Hall–Kier alpha value is -1.08. The quantitative estimate of drug-likeness (QED) is 0.649. The maximum Gasteiger partial charge on any atom is 0.0871 e. The van der Waals surface area contributed by atoms with Crippen LogP contribution in [0.4, 0.5) is 0 Å². The standard InChI is InChI=1S/C16H22O/c1-10-6-12(3)16(13(4)7-10)15-8-11(2)14(5)9-17-15/h6-7,15H,8-9H2,1-5H3. The summed E-state index contributed by atoms with van der Waals surface area (Å²) in [5, 5.41) is 0. The van der Waals surface area contributed by atoms with Crippen molar-refractivity contribution in [1.82, 2.24) is 0 Å². The smallest absolute Gasteiger partial charge is 0.0871 e. The van der Waals surface area contributed by atoms with Crippen LogP contribution in [0.2, 0.25) is 0 Å². The van der Waals surface area contributed by atoms with Crippen LogP contribution in [0, 0.1) is 20.8 Å². The Morgan fingerprint density at radius 1 is 0.941 bits per heavy atom. The molecule has 0 fully saturated rings. The largest absolute Gasteiger partial charge is 0.369 e. The molecule has 1 heteroatoms. The molecule has 1 aliphatic heterocycles. The first-order valence-corrected chi connectivity index (χ1v) is 6.33. The highest BCUT2D eigenvalue weighted by molar-refractivity contribution is 5.40. The number of hydrogen-bond donors (Lipinski definition) is 0. The van der Waals surface area contributed by atoms with Gasteiger partial charge in [0.1, 0.15) is 0 Å². The van der Waals surface area contributed by atoms with Crippen LogP contribution in [0.5, 0.6) is 0 Å². The first kappa shape index (κ1) is 12.4. The van der Waals surface area contributed by atoms with Crippen LogP contribution in [0.25, 0.3) is 0 Å². The van der Waals surface area contributed by atoms with Gasteiger partial charge in [0.15, 0.2) is 0 Å². The van der Waals surface area contributed by atoms with E-state index >= 15 is 0 Å². The molecule has 0 saturated carbocycles. The van der Waals surface area contributed by atoms with E-state index in [1.165, 1.54) is 33.4 Å². The summed E-state index contributed by atoms with van der Waals surface area (Å²) in [6.07, 6.45) is 1.29. The molecule has 92 valence electrons. The van der Waals surface area contributed by atoms with Gasteiger partial charge in [-0.3, -0.25) is 0 Å². The number of hydrogen-bond acceptors (Lipinski definition) is 1. The summed E-state index contributed by atoms with van der Waals surface area (Å²) in [6.45, 7) is 11.7. The summed E-state index contributed by atoms with van der Waals surface area (Å²) in [7, 11) is 0. The highest BCUT2D eigenvalue weighted by Gasteiger charge is 2.22. The number of rotatable bonds is 1. The van der Waals surface area contributed by atoms with Gasteiger partial charge in [-0.15, -0.1) is 0 Å². The highest BCUT2D eigenvalue weighted by atomic mass is 16.5. The zero-order valence-electron chi connectivity index (χ0n) is 11.6. The van der Waals surface area contributed by atoms with Crippen molar-refractivity contribution in [3.8, 4) is 0 Å². The van der Waals surface area contributed by atoms with Gasteiger partial charge in [-0.1, -0.05) is 23.3 Å². The van der Waals surface area contributed by atoms with Gasteiger partial charge < -0.3 is 4.74 Å². The van der Waals surface area contributed by atoms with Crippen LogP contribution >= 0.6 is 0 Å². The fraction of sp³-hybridized carbons (Fsp3) is 0.500. The van der Waals surface area contributed by atoms with Gasteiger partial charge in [0, 0.05) is 0 Å². The first-order valence-electron chi connectivity index (χ1n) is 6.33. The summed E-state index contributed by atoms with van der Waals surface area (Å²) >= 11 is 0. The molecule has 0 bridgehead atoms. The van der Waals surface area contributed by atoms with Crippen molar-refractivity contribution >= 4 is 0 Å². The van der Waals surface area contributed by atoms with Gasteiger partial charge in [-0.25, -0.2) is 0 Å². The summed E-state index contributed by atoms with van der Waals surface area (Å²) in [5.41, 5.74) is 8.33. The second-order valence-corrected chi connectivity index (χ2v) is 5.38. The molecule has 1 nitrogen and oxygen atoms in total. The van der Waals surface area contributed by atoms with Crippen LogP contribution in [0.15, 0.2) is 23.3 Å². The fourth-order valence-corrected chi connectivity index (χ4v) is 2.74. The second kappa shape index (κ2) is 4.66. The predicted octanol–water partition coefficient (Wildman–Crippen LogP) is 4.41. The van der Waals surface area contributed by atoms with Crippen molar-refractivity contribution in [2.75, 3.05) is 6.61 Å². The zero-order chi connectivity index (χ0) is 12.6. The second-order valence-electron chi connectivity index (χ2n) is 5.38. The van der Waals surface area contributed by atoms with E-state index in [-0.39, 0.29) is 6.10 Å². The average Bonchev–Trinajstić information content (AvgIpc) is 2.21. The minimum atomic E-state index is 0.249. The molecule has 0 amide bonds. The monoisotopic (exact) mass is 230 g/mol. The molecular weight excluding hydrogens is 208 g/mol. The summed E-state index contributed by atoms with van der Waals surface area (Å²) < 4.78 is 5.99. The molecule has 1 aromatic rings. The van der Waals surface area contributed by atoms with E-state index in [0.717, 1.165) is 13.0 Å². The Kier molecular flexibility index (Phi) is 3.39. The lowest BCUT2D eigenvalue weighted by atomic mass is 9.90. The van der Waals surface area contributed by atoms with Crippen molar-refractivity contribution < 1.29 is 4.74 Å². The molecule has 0 radical (unpaired) electrons. The molecule has 0 N–H and O–H groups in total. The molecule has 0 aliphatic carbocycles. The Labute approximate surface area is 104 Å². The van der Waals surface area contributed by atoms with E-state index in [2.05, 4.69) is 46.8 Å². The van der Waals surface area contributed by atoms with E-state index in [1.54, 1.807) is 0 Å². The van der Waals surface area contributed by atoms with Crippen molar-refractivity contribution in [1.29, 1.82) is 0 Å². The molecule has 1 unspecified atom stereocenters. The molecule has 1 aromatic carbocycles. The van der Waals surface area contributed by atoms with Gasteiger partial charge in [0.05, 0.1) is 12.7 Å². The number of aryl methyl sites for hydroxylation is 3. The van der Waals surface area contributed by atoms with Crippen LogP contribution in [0.3, 0.4) is 0 Å². The third-order valence-corrected chi connectivity index (χ3v) is 3.78. The topological polar surface area (TPSA) is 9.23 Å². The molecule has 0 saturated heterocycles. The van der Waals surface area contributed by atoms with Crippen LogP contribution < -0.4 is 0 Å². The summed E-state index contributed by atoms with van der Waals surface area (Å²) in [5.74, 6) is 0. The Bertz CT molecular complexity index is 445. The maximum atomic E-state index is 5.99. The lowest BCUT2D eigenvalue weighted by Gasteiger charge is -2.28. The van der Waals surface area contributed by atoms with E-state index < -0.39 is 0 Å². The number of ether oxygens (including phenoxy) is 1. The maximum absolute atomic E-state index is 5.99. The predicted molar refractivity (Wildman–Crippen MR) is 72.3 cm³/mol. The van der Waals surface area contributed by atoms with Crippen molar-refractivity contribution in [3.05, 3.63) is 45.5 Å². The number of benzene rings is 1. The SMILES string of the molecule is CC1=C(C)CC(c2c(C)cc(C)cc2C)OC1. The van der Waals surface area contributed by atoms with E-state index in [9.17, 15) is 0 Å². The molecule has 2 rings (SSSR count). The third kappa shape index (κ3) is 2.44. The molecule has 17 heavy (non-hydrogen) atoms. The van der Waals surface area contributed by atoms with Gasteiger partial charge in [0.2, 0.25) is 0 Å². The van der Waals surface area contributed by atoms with Crippen molar-refractivity contribution in [2.24, 2.45) is 0 Å². The van der Waals surface area contributed by atoms with E-state index in [4.69, 9.17) is 4.74 Å². The minimum Gasteiger partial charge on any atom is -0.369 e. The average molecular weight is 230 g/mol. The van der Waals surface area contributed by atoms with Crippen molar-refractivity contribution in [3.63, 3.8) is 0 Å². The fourth-order valence-electron chi connectivity index (χ4n) is 2.74. The van der Waals surface area contributed by atoms with Crippen LogP contribution in [-0.4, -0.2) is 6.61 Å². The van der Waals surface area contributed by atoms with Crippen molar-refractivity contribution in [2.45, 2.75) is 47.1 Å². The molecule has 0 spiro atoms. The molecule has 1 heterocycles. The van der Waals surface area contributed by atoms with Crippen LogP contribution in [-0.2, 0) is 4.74 Å². The zero-order valence-corrected chi connectivity index (χ0v) is 11.6. The normalized spacial score (nSPS) is 20.9. The van der Waals surface area contributed by atoms with E-state index in [1.807, 2.05) is 0 Å². The molecule has 1 aliphatic rings. The third-order valence-electron chi connectivity index (χ3n) is 3.78. The van der Waals surface area contributed by atoms with Crippen LogP contribution in [0.1, 0.15) is 48.6 Å². The molecule has 0 aromatic heterocycles. The minimum absolute atomic E-state index is 0.249. The Balaban J connectivity index is 2.36. The van der Waals surface area contributed by atoms with Gasteiger partial charge >= 0.3 is 0 Å². The van der Waals surface area contributed by atoms with E-state index in [0.29, 0.717) is 0 Å². The lowest BCUT2D eigenvalue weighted by Crippen LogP contribution is -2.16. The highest BCUT2D eigenvalue weighted by Crippen LogP contribution is 2.35. The Morgan fingerprint density at radius 3 is 2.06 bits per heavy atom. The van der Waals surface area contributed by atoms with Gasteiger partial charge in [-0.2, -0.15) is 0 Å². The lowest BCUT2D eigenvalue weighted by molar-refractivity contribution is 0.0569. The first-order chi connectivity index (χ1) is 7.99. The van der Waals surface area contributed by atoms with Gasteiger partial charge in [-0.05, 0) is 63.3 Å². The Morgan fingerprint density at radius 2 is 1.53 bits per heavy atom. The molecule has 1 atom stereocenters. The van der Waals surface area contributed by atoms with Gasteiger partial charge in [0.25, 0.3) is 0 Å². The summed E-state index contributed by atoms with van der Waals surface area (Å²) in [4.78, 5) is 0. The molecular formula is C16H22O. The summed E-state index contributed by atoms with van der Waals surface area (Å²) in [6, 6.07) is 4.51.